The van der Waals surface area contributed by atoms with Gasteiger partial charge in [-0.25, -0.2) is 0 Å². The summed E-state index contributed by atoms with van der Waals surface area (Å²) in [5.41, 5.74) is 1.56. The monoisotopic (exact) mass is 304 g/mol. The number of hydrogen-bond donors (Lipinski definition) is 0. The summed E-state index contributed by atoms with van der Waals surface area (Å²) in [4.78, 5) is 12.2. The zero-order valence-corrected chi connectivity index (χ0v) is 13.2. The Morgan fingerprint density at radius 2 is 1.58 bits per heavy atom. The van der Waals surface area contributed by atoms with Crippen LogP contribution in [0.3, 0.4) is 0 Å². The van der Waals surface area contributed by atoms with Gasteiger partial charge in [-0.15, -0.1) is 0 Å². The van der Waals surface area contributed by atoms with E-state index in [1.807, 2.05) is 31.2 Å². The first-order valence-corrected chi connectivity index (χ1v) is 7.15. The van der Waals surface area contributed by atoms with Gasteiger partial charge in [0, 0.05) is 0 Å². The summed E-state index contributed by atoms with van der Waals surface area (Å²) in [6.45, 7) is 2.01. The fourth-order valence-electron chi connectivity index (χ4n) is 1.55. The topological polar surface area (TPSA) is 17.1 Å². The maximum absolute atomic E-state index is 12.2. The van der Waals surface area contributed by atoms with E-state index in [1.165, 1.54) is 5.56 Å². The Morgan fingerprint density at radius 3 is 2.11 bits per heavy atom. The van der Waals surface area contributed by atoms with Gasteiger partial charge in [0.25, 0.3) is 0 Å². The maximum atomic E-state index is 12.2. The van der Waals surface area contributed by atoms with Crippen molar-refractivity contribution in [1.29, 1.82) is 0 Å². The Kier molecular flexibility index (Phi) is 6.61. The predicted octanol–water partition coefficient (Wildman–Crippen LogP) is 1.56. The van der Waals surface area contributed by atoms with E-state index in [4.69, 9.17) is 23.2 Å². The van der Waals surface area contributed by atoms with Gasteiger partial charge in [0.2, 0.25) is 0 Å². The SMILES string of the molecule is Cc1ccc(PC(=O)c2c(Cl)cccc2Cl)cc1.[H-].[Li+]. The van der Waals surface area contributed by atoms with Gasteiger partial charge in [-0.3, -0.25) is 4.79 Å². The Balaban J connectivity index is 0.00000180. The van der Waals surface area contributed by atoms with Crippen LogP contribution in [-0.4, -0.2) is 5.52 Å². The van der Waals surface area contributed by atoms with Crippen LogP contribution in [0.15, 0.2) is 42.5 Å². The number of aryl methyl sites for hydroxylation is 1. The van der Waals surface area contributed by atoms with Crippen molar-refractivity contribution < 1.29 is 25.1 Å². The molecule has 0 saturated carbocycles. The van der Waals surface area contributed by atoms with Crippen LogP contribution in [0.5, 0.6) is 0 Å². The predicted molar refractivity (Wildman–Crippen MR) is 81.0 cm³/mol. The van der Waals surface area contributed by atoms with Gasteiger partial charge in [-0.2, -0.15) is 0 Å². The molecule has 1 unspecified atom stereocenters. The molecule has 0 radical (unpaired) electrons. The molecule has 0 saturated heterocycles. The van der Waals surface area contributed by atoms with E-state index in [2.05, 4.69) is 0 Å². The van der Waals surface area contributed by atoms with Crippen LogP contribution >= 0.6 is 31.8 Å². The molecule has 0 fully saturated rings. The molecule has 0 amide bonds. The quantitative estimate of drug-likeness (QED) is 0.621. The molecule has 0 aliphatic rings. The van der Waals surface area contributed by atoms with Crippen LogP contribution in [-0.2, 0) is 0 Å². The van der Waals surface area contributed by atoms with Crippen LogP contribution in [0.4, 0.5) is 0 Å². The molecule has 5 heteroatoms. The van der Waals surface area contributed by atoms with Crippen molar-refractivity contribution in [2.75, 3.05) is 0 Å². The number of rotatable bonds is 3. The molecule has 1 nitrogen and oxygen atoms in total. The molecule has 2 aromatic carbocycles. The standard InChI is InChI=1S/C14H11Cl2OP.Li.H/c1-9-5-7-10(8-6-9)18-14(17)13-11(15)3-2-4-12(13)16;;/h2-8,18H,1H3;;/q;+1;-1. The van der Waals surface area contributed by atoms with Crippen molar-refractivity contribution in [3.8, 4) is 0 Å². The third-order valence-corrected chi connectivity index (χ3v) is 4.23. The van der Waals surface area contributed by atoms with E-state index in [9.17, 15) is 4.79 Å². The molecule has 0 aliphatic carbocycles. The molecule has 1 atom stereocenters. The van der Waals surface area contributed by atoms with Crippen molar-refractivity contribution >= 4 is 42.6 Å². The summed E-state index contributed by atoms with van der Waals surface area (Å²) < 4.78 is 0. The van der Waals surface area contributed by atoms with Gasteiger partial charge >= 0.3 is 18.9 Å². The molecule has 2 aromatic rings. The molecule has 2 rings (SSSR count). The largest absolute Gasteiger partial charge is 1.00 e. The number of halogens is 2. The average Bonchev–Trinajstić information content (AvgIpc) is 2.32. The van der Waals surface area contributed by atoms with Crippen molar-refractivity contribution in [3.63, 3.8) is 0 Å². The molecule has 0 bridgehead atoms. The molecule has 0 aliphatic heterocycles. The minimum absolute atomic E-state index is 0. The summed E-state index contributed by atoms with van der Waals surface area (Å²) in [6, 6.07) is 13.0. The molecule has 0 aromatic heterocycles. The fourth-order valence-corrected chi connectivity index (χ4v) is 3.26. The van der Waals surface area contributed by atoms with E-state index in [0.717, 1.165) is 5.30 Å². The van der Waals surface area contributed by atoms with Crippen molar-refractivity contribution in [3.05, 3.63) is 63.6 Å². The maximum Gasteiger partial charge on any atom is 1.00 e. The Labute approximate surface area is 138 Å². The third kappa shape index (κ3) is 4.35. The van der Waals surface area contributed by atoms with E-state index in [-0.39, 0.29) is 34.4 Å². The number of carbonyl (C=O) groups is 1. The summed E-state index contributed by atoms with van der Waals surface area (Å²) in [5.74, 6) is 0. The van der Waals surface area contributed by atoms with Crippen LogP contribution in [0.1, 0.15) is 17.3 Å². The first-order chi connectivity index (χ1) is 8.58. The third-order valence-electron chi connectivity index (χ3n) is 2.50. The average molecular weight is 305 g/mol. The van der Waals surface area contributed by atoms with Crippen molar-refractivity contribution in [2.24, 2.45) is 0 Å². The van der Waals surface area contributed by atoms with E-state index < -0.39 is 0 Å². The first kappa shape index (κ1) is 16.8. The minimum Gasteiger partial charge on any atom is -1.00 e. The molecule has 19 heavy (non-hydrogen) atoms. The number of benzene rings is 2. The molecular formula is C14H12Cl2LiOP. The summed E-state index contributed by atoms with van der Waals surface area (Å²) in [7, 11) is 0.0370. The summed E-state index contributed by atoms with van der Waals surface area (Å²) >= 11 is 12.0. The zero-order valence-electron chi connectivity index (χ0n) is 11.7. The van der Waals surface area contributed by atoms with Gasteiger partial charge < -0.3 is 1.43 Å². The smallest absolute Gasteiger partial charge is 1.00 e. The minimum atomic E-state index is -0.0329. The zero-order chi connectivity index (χ0) is 13.1. The normalized spacial score (nSPS) is 10.5. The number of carbonyl (C=O) groups excluding carboxylic acids is 1. The molecule has 0 spiro atoms. The summed E-state index contributed by atoms with van der Waals surface area (Å²) in [6.07, 6.45) is 0. The van der Waals surface area contributed by atoms with Crippen molar-refractivity contribution in [1.82, 2.24) is 0 Å². The van der Waals surface area contributed by atoms with Crippen LogP contribution in [0.2, 0.25) is 10.0 Å². The van der Waals surface area contributed by atoms with Gasteiger partial charge in [0.05, 0.1) is 15.6 Å². The second-order valence-electron chi connectivity index (χ2n) is 3.92. The van der Waals surface area contributed by atoms with Crippen LogP contribution < -0.4 is 24.2 Å². The van der Waals surface area contributed by atoms with Crippen LogP contribution in [0, 0.1) is 6.92 Å². The Morgan fingerprint density at radius 1 is 1.05 bits per heavy atom. The molecule has 94 valence electrons. The second-order valence-corrected chi connectivity index (χ2v) is 6.01. The Hall–Kier alpha value is -0.283. The van der Waals surface area contributed by atoms with Gasteiger partial charge in [0.1, 0.15) is 0 Å². The molecule has 0 N–H and O–H groups in total. The summed E-state index contributed by atoms with van der Waals surface area (Å²) in [5, 5.41) is 1.81. The Bertz CT molecular complexity index is 570. The second kappa shape index (κ2) is 7.49. The van der Waals surface area contributed by atoms with Gasteiger partial charge in [-0.05, 0) is 32.9 Å². The molecule has 0 heterocycles. The number of hydrogen-bond acceptors (Lipinski definition) is 1. The van der Waals surface area contributed by atoms with E-state index in [0.29, 0.717) is 15.6 Å². The fraction of sp³-hybridized carbons (Fsp3) is 0.0714. The van der Waals surface area contributed by atoms with Gasteiger partial charge in [-0.1, -0.05) is 59.1 Å². The first-order valence-electron chi connectivity index (χ1n) is 5.40. The van der Waals surface area contributed by atoms with Crippen LogP contribution in [0.25, 0.3) is 0 Å². The molecular weight excluding hydrogens is 293 g/mol. The van der Waals surface area contributed by atoms with E-state index >= 15 is 0 Å². The van der Waals surface area contributed by atoms with E-state index in [1.54, 1.807) is 18.2 Å². The van der Waals surface area contributed by atoms with Crippen molar-refractivity contribution in [2.45, 2.75) is 6.92 Å². The van der Waals surface area contributed by atoms with Gasteiger partial charge in [0.15, 0.2) is 5.52 Å².